The lowest BCUT2D eigenvalue weighted by atomic mass is 9.92. The SMILES string of the molecule is CC(C)(C)OC(=O)N1CCC(CCCOc2nccc(Cl)n2)CC1. The van der Waals surface area contributed by atoms with Crippen LogP contribution < -0.4 is 4.74 Å². The van der Waals surface area contributed by atoms with Crippen molar-refractivity contribution in [1.82, 2.24) is 14.9 Å². The zero-order valence-electron chi connectivity index (χ0n) is 14.6. The summed E-state index contributed by atoms with van der Waals surface area (Å²) >= 11 is 5.79. The fourth-order valence-electron chi connectivity index (χ4n) is 2.66. The highest BCUT2D eigenvalue weighted by Crippen LogP contribution is 2.23. The molecule has 0 bridgehead atoms. The molecule has 0 radical (unpaired) electrons. The van der Waals surface area contributed by atoms with Gasteiger partial charge in [0.15, 0.2) is 0 Å². The van der Waals surface area contributed by atoms with Crippen molar-refractivity contribution in [3.05, 3.63) is 17.4 Å². The number of ether oxygens (including phenoxy) is 2. The molecule has 0 saturated carbocycles. The first-order valence-corrected chi connectivity index (χ1v) is 8.80. The van der Waals surface area contributed by atoms with Crippen molar-refractivity contribution in [2.75, 3.05) is 19.7 Å². The first kappa shape index (κ1) is 18.8. The van der Waals surface area contributed by atoms with E-state index in [9.17, 15) is 4.79 Å². The average molecular weight is 356 g/mol. The molecule has 0 atom stereocenters. The highest BCUT2D eigenvalue weighted by molar-refractivity contribution is 6.29. The average Bonchev–Trinajstić information content (AvgIpc) is 2.50. The van der Waals surface area contributed by atoms with Gasteiger partial charge < -0.3 is 14.4 Å². The molecule has 2 heterocycles. The number of carbonyl (C=O) groups is 1. The molecular weight excluding hydrogens is 330 g/mol. The van der Waals surface area contributed by atoms with E-state index >= 15 is 0 Å². The summed E-state index contributed by atoms with van der Waals surface area (Å²) in [5.41, 5.74) is -0.437. The molecule has 1 aromatic heterocycles. The van der Waals surface area contributed by atoms with Crippen LogP contribution in [0.25, 0.3) is 0 Å². The Bertz CT molecular complexity index is 540. The Morgan fingerprint density at radius 3 is 2.71 bits per heavy atom. The van der Waals surface area contributed by atoms with Gasteiger partial charge in [0.2, 0.25) is 0 Å². The molecule has 1 aliphatic rings. The van der Waals surface area contributed by atoms with Crippen LogP contribution in [0.5, 0.6) is 6.01 Å². The summed E-state index contributed by atoms with van der Waals surface area (Å²) in [4.78, 5) is 21.8. The first-order chi connectivity index (χ1) is 11.3. The summed E-state index contributed by atoms with van der Waals surface area (Å²) in [7, 11) is 0. The Morgan fingerprint density at radius 1 is 1.38 bits per heavy atom. The third kappa shape index (κ3) is 6.51. The quantitative estimate of drug-likeness (QED) is 0.591. The number of likely N-dealkylation sites (tertiary alicyclic amines) is 1. The fraction of sp³-hybridized carbons (Fsp3) is 0.706. The summed E-state index contributed by atoms with van der Waals surface area (Å²) in [6, 6.07) is 1.94. The molecule has 0 N–H and O–H groups in total. The lowest BCUT2D eigenvalue weighted by Gasteiger charge is -2.33. The van der Waals surface area contributed by atoms with Crippen molar-refractivity contribution >= 4 is 17.7 Å². The molecule has 1 amide bonds. The molecule has 1 saturated heterocycles. The minimum Gasteiger partial charge on any atom is -0.463 e. The highest BCUT2D eigenvalue weighted by Gasteiger charge is 2.26. The molecule has 1 fully saturated rings. The zero-order valence-corrected chi connectivity index (χ0v) is 15.4. The van der Waals surface area contributed by atoms with Crippen LogP contribution >= 0.6 is 11.6 Å². The van der Waals surface area contributed by atoms with E-state index in [1.807, 2.05) is 20.8 Å². The highest BCUT2D eigenvalue weighted by atomic mass is 35.5. The standard InChI is InChI=1S/C17H26ClN3O3/c1-17(2,3)24-16(22)21-10-7-13(8-11-21)5-4-12-23-15-19-9-6-14(18)20-15/h6,9,13H,4-5,7-8,10-12H2,1-3H3. The van der Waals surface area contributed by atoms with Crippen molar-refractivity contribution in [2.24, 2.45) is 5.92 Å². The van der Waals surface area contributed by atoms with Gasteiger partial charge in [-0.3, -0.25) is 0 Å². The second kappa shape index (κ2) is 8.51. The Balaban J connectivity index is 1.62. The zero-order chi connectivity index (χ0) is 17.6. The number of nitrogens with zero attached hydrogens (tertiary/aromatic N) is 3. The van der Waals surface area contributed by atoms with Crippen LogP contribution in [0, 0.1) is 5.92 Å². The van der Waals surface area contributed by atoms with Crippen LogP contribution in [-0.2, 0) is 4.74 Å². The number of hydrogen-bond acceptors (Lipinski definition) is 5. The lowest BCUT2D eigenvalue weighted by molar-refractivity contribution is 0.0179. The van der Waals surface area contributed by atoms with Crippen molar-refractivity contribution in [1.29, 1.82) is 0 Å². The van der Waals surface area contributed by atoms with E-state index in [1.165, 1.54) is 0 Å². The molecule has 0 spiro atoms. The maximum absolute atomic E-state index is 12.0. The Kier molecular flexibility index (Phi) is 6.66. The molecule has 1 aliphatic heterocycles. The number of rotatable bonds is 5. The predicted molar refractivity (Wildman–Crippen MR) is 92.3 cm³/mol. The van der Waals surface area contributed by atoms with Crippen molar-refractivity contribution < 1.29 is 14.3 Å². The largest absolute Gasteiger partial charge is 0.463 e. The summed E-state index contributed by atoms with van der Waals surface area (Å²) in [6.07, 6.45) is 5.40. The third-order valence-electron chi connectivity index (χ3n) is 3.85. The molecule has 0 aliphatic carbocycles. The van der Waals surface area contributed by atoms with Crippen LogP contribution in [0.2, 0.25) is 5.15 Å². The minimum atomic E-state index is -0.437. The molecule has 134 valence electrons. The summed E-state index contributed by atoms with van der Waals surface area (Å²) in [5, 5.41) is 0.384. The topological polar surface area (TPSA) is 64.5 Å². The molecular formula is C17H26ClN3O3. The number of piperidine rings is 1. The molecule has 2 rings (SSSR count). The Hall–Kier alpha value is -1.56. The van der Waals surface area contributed by atoms with Gasteiger partial charge in [0.05, 0.1) is 6.61 Å². The van der Waals surface area contributed by atoms with Crippen molar-refractivity contribution in [3.63, 3.8) is 0 Å². The number of halogens is 1. The summed E-state index contributed by atoms with van der Waals surface area (Å²) in [6.45, 7) is 7.77. The molecule has 24 heavy (non-hydrogen) atoms. The van der Waals surface area contributed by atoms with E-state index in [0.29, 0.717) is 23.7 Å². The van der Waals surface area contributed by atoms with E-state index in [0.717, 1.165) is 38.8 Å². The molecule has 1 aromatic rings. The van der Waals surface area contributed by atoms with Crippen LogP contribution in [-0.4, -0.2) is 46.3 Å². The lowest BCUT2D eigenvalue weighted by Crippen LogP contribution is -2.41. The summed E-state index contributed by atoms with van der Waals surface area (Å²) < 4.78 is 10.9. The van der Waals surface area contributed by atoms with E-state index < -0.39 is 5.60 Å². The molecule has 0 aromatic carbocycles. The molecule has 6 nitrogen and oxygen atoms in total. The monoisotopic (exact) mass is 355 g/mol. The maximum atomic E-state index is 12.0. The number of aromatic nitrogens is 2. The van der Waals surface area contributed by atoms with Gasteiger partial charge in [-0.05, 0) is 58.4 Å². The van der Waals surface area contributed by atoms with Crippen molar-refractivity contribution in [3.8, 4) is 6.01 Å². The fourth-order valence-corrected chi connectivity index (χ4v) is 2.78. The number of amides is 1. The second-order valence-corrected chi connectivity index (χ2v) is 7.45. The van der Waals surface area contributed by atoms with Crippen LogP contribution in [0.1, 0.15) is 46.5 Å². The number of carbonyl (C=O) groups excluding carboxylic acids is 1. The minimum absolute atomic E-state index is 0.206. The van der Waals surface area contributed by atoms with Crippen LogP contribution in [0.15, 0.2) is 12.3 Å². The van der Waals surface area contributed by atoms with Gasteiger partial charge in [0.1, 0.15) is 10.8 Å². The van der Waals surface area contributed by atoms with Gasteiger partial charge in [-0.2, -0.15) is 4.98 Å². The van der Waals surface area contributed by atoms with Gasteiger partial charge in [-0.25, -0.2) is 9.78 Å². The molecule has 0 unspecified atom stereocenters. The van der Waals surface area contributed by atoms with Gasteiger partial charge in [-0.1, -0.05) is 11.6 Å². The maximum Gasteiger partial charge on any atom is 0.410 e. The van der Waals surface area contributed by atoms with E-state index in [1.54, 1.807) is 17.2 Å². The van der Waals surface area contributed by atoms with E-state index in [4.69, 9.17) is 21.1 Å². The second-order valence-electron chi connectivity index (χ2n) is 7.06. The Labute approximate surface area is 148 Å². The number of hydrogen-bond donors (Lipinski definition) is 0. The normalized spacial score (nSPS) is 16.1. The first-order valence-electron chi connectivity index (χ1n) is 8.43. The van der Waals surface area contributed by atoms with E-state index in [2.05, 4.69) is 9.97 Å². The van der Waals surface area contributed by atoms with Gasteiger partial charge >= 0.3 is 12.1 Å². The molecule has 7 heteroatoms. The van der Waals surface area contributed by atoms with E-state index in [-0.39, 0.29) is 6.09 Å². The third-order valence-corrected chi connectivity index (χ3v) is 4.06. The van der Waals surface area contributed by atoms with Crippen LogP contribution in [0.4, 0.5) is 4.79 Å². The predicted octanol–water partition coefficient (Wildman–Crippen LogP) is 3.94. The van der Waals surface area contributed by atoms with Gasteiger partial charge in [-0.15, -0.1) is 0 Å². The Morgan fingerprint density at radius 2 is 2.08 bits per heavy atom. The van der Waals surface area contributed by atoms with Gasteiger partial charge in [0, 0.05) is 19.3 Å². The van der Waals surface area contributed by atoms with Crippen LogP contribution in [0.3, 0.4) is 0 Å². The summed E-state index contributed by atoms with van der Waals surface area (Å²) in [5.74, 6) is 0.618. The smallest absolute Gasteiger partial charge is 0.410 e. The van der Waals surface area contributed by atoms with Crippen molar-refractivity contribution in [2.45, 2.75) is 52.1 Å². The van der Waals surface area contributed by atoms with Gasteiger partial charge in [0.25, 0.3) is 0 Å².